The molecule has 4 nitrogen and oxygen atoms in total. The van der Waals surface area contributed by atoms with Crippen LogP contribution in [0.15, 0.2) is 42.7 Å². The molecule has 0 saturated carbocycles. The summed E-state index contributed by atoms with van der Waals surface area (Å²) in [5.74, 6) is -2.45. The van der Waals surface area contributed by atoms with Crippen LogP contribution >= 0.6 is 11.6 Å². The number of alkyl halides is 2. The summed E-state index contributed by atoms with van der Waals surface area (Å²) in [4.78, 5) is 8.17. The first kappa shape index (κ1) is 21.4. The number of pyridine rings is 1. The Morgan fingerprint density at radius 3 is 2.70 bits per heavy atom. The topological polar surface area (TPSA) is 28.6 Å². The highest BCUT2D eigenvalue weighted by Crippen LogP contribution is 2.36. The van der Waals surface area contributed by atoms with Gasteiger partial charge in [0.1, 0.15) is 18.2 Å². The molecule has 162 valence electrons. The van der Waals surface area contributed by atoms with Crippen molar-refractivity contribution < 1.29 is 17.9 Å². The molecule has 8 heteroatoms. The van der Waals surface area contributed by atoms with Crippen LogP contribution in [0.4, 0.5) is 13.2 Å². The number of benzene rings is 1. The second-order valence-corrected chi connectivity index (χ2v) is 8.54. The van der Waals surface area contributed by atoms with E-state index < -0.39 is 5.92 Å². The Bertz CT molecular complexity index is 847. The maximum Gasteiger partial charge on any atom is 0.262 e. The van der Waals surface area contributed by atoms with Crippen LogP contribution in [0, 0.1) is 5.82 Å². The summed E-state index contributed by atoms with van der Waals surface area (Å²) >= 11 is 6.14. The number of hydrogen-bond donors (Lipinski definition) is 0. The van der Waals surface area contributed by atoms with E-state index >= 15 is 0 Å². The highest BCUT2D eigenvalue weighted by atomic mass is 35.5. The predicted octanol–water partition coefficient (Wildman–Crippen LogP) is 4.63. The van der Waals surface area contributed by atoms with Crippen molar-refractivity contribution in [3.05, 3.63) is 59.1 Å². The molecule has 0 spiro atoms. The monoisotopic (exact) mass is 439 g/mol. The van der Waals surface area contributed by atoms with Crippen molar-refractivity contribution in [2.45, 2.75) is 43.8 Å². The number of aromatic nitrogens is 1. The van der Waals surface area contributed by atoms with E-state index in [0.29, 0.717) is 17.3 Å². The molecule has 0 bridgehead atoms. The number of rotatable bonds is 6. The molecule has 3 heterocycles. The minimum absolute atomic E-state index is 0.0980. The van der Waals surface area contributed by atoms with Gasteiger partial charge < -0.3 is 4.74 Å². The smallest absolute Gasteiger partial charge is 0.262 e. The van der Waals surface area contributed by atoms with Gasteiger partial charge in [0, 0.05) is 30.2 Å². The zero-order chi connectivity index (χ0) is 21.1. The number of halogens is 4. The van der Waals surface area contributed by atoms with Gasteiger partial charge in [-0.05, 0) is 55.8 Å². The molecule has 0 unspecified atom stereocenters. The van der Waals surface area contributed by atoms with E-state index in [2.05, 4.69) is 9.88 Å². The zero-order valence-corrected chi connectivity index (χ0v) is 17.4. The fourth-order valence-electron chi connectivity index (χ4n) is 4.43. The number of likely N-dealkylation sites (tertiary alicyclic amines) is 2. The predicted molar refractivity (Wildman–Crippen MR) is 109 cm³/mol. The van der Waals surface area contributed by atoms with E-state index in [1.807, 2.05) is 4.90 Å². The molecule has 2 saturated heterocycles. The standard InChI is InChI=1S/C22H25ClF3N3O/c23-21-10-17(24)4-3-16(21)13-28-8-5-18(6-9-28)29-15-22(25,26)11-19(29)14-30-20-2-1-7-27-12-20/h1-4,7,10,12,18-19H,5-6,8-9,11,13-15H2/t19-/m0/s1. The van der Waals surface area contributed by atoms with E-state index in [0.717, 1.165) is 31.5 Å². The highest BCUT2D eigenvalue weighted by Gasteiger charge is 2.47. The van der Waals surface area contributed by atoms with Crippen molar-refractivity contribution in [3.8, 4) is 5.75 Å². The third-order valence-electron chi connectivity index (χ3n) is 5.93. The van der Waals surface area contributed by atoms with Crippen LogP contribution in [-0.2, 0) is 6.54 Å². The first-order valence-electron chi connectivity index (χ1n) is 10.2. The Kier molecular flexibility index (Phi) is 6.51. The quantitative estimate of drug-likeness (QED) is 0.656. The number of nitrogens with zero attached hydrogens (tertiary/aromatic N) is 3. The van der Waals surface area contributed by atoms with Gasteiger partial charge in [-0.15, -0.1) is 0 Å². The molecule has 0 amide bonds. The Morgan fingerprint density at radius 2 is 2.00 bits per heavy atom. The lowest BCUT2D eigenvalue weighted by atomic mass is 10.0. The van der Waals surface area contributed by atoms with Gasteiger partial charge in [-0.3, -0.25) is 14.8 Å². The minimum Gasteiger partial charge on any atom is -0.490 e. The molecular weight excluding hydrogens is 415 g/mol. The summed E-state index contributed by atoms with van der Waals surface area (Å²) < 4.78 is 47.4. The maximum absolute atomic E-state index is 14.2. The summed E-state index contributed by atoms with van der Waals surface area (Å²) in [5, 5.41) is 0.420. The van der Waals surface area contributed by atoms with Crippen LogP contribution < -0.4 is 4.74 Å². The number of hydrogen-bond acceptors (Lipinski definition) is 4. The van der Waals surface area contributed by atoms with Crippen molar-refractivity contribution in [1.82, 2.24) is 14.8 Å². The van der Waals surface area contributed by atoms with Crippen molar-refractivity contribution in [2.75, 3.05) is 26.2 Å². The fourth-order valence-corrected chi connectivity index (χ4v) is 4.66. The van der Waals surface area contributed by atoms with E-state index in [1.54, 1.807) is 30.6 Å². The molecule has 2 aliphatic rings. The average Bonchev–Trinajstić information content (AvgIpc) is 3.04. The van der Waals surface area contributed by atoms with Gasteiger partial charge in [-0.1, -0.05) is 17.7 Å². The normalized spacial score (nSPS) is 23.0. The summed E-state index contributed by atoms with van der Waals surface area (Å²) in [5.41, 5.74) is 0.881. The van der Waals surface area contributed by atoms with Gasteiger partial charge in [-0.2, -0.15) is 0 Å². The first-order valence-corrected chi connectivity index (χ1v) is 10.6. The fraction of sp³-hybridized carbons (Fsp3) is 0.500. The molecule has 0 radical (unpaired) electrons. The van der Waals surface area contributed by atoms with Gasteiger partial charge in [0.2, 0.25) is 0 Å². The summed E-state index contributed by atoms with van der Waals surface area (Å²) in [6.45, 7) is 2.22. The van der Waals surface area contributed by atoms with Crippen LogP contribution in [0.3, 0.4) is 0 Å². The van der Waals surface area contributed by atoms with Crippen LogP contribution in [0.2, 0.25) is 5.02 Å². The Morgan fingerprint density at radius 1 is 1.20 bits per heavy atom. The third-order valence-corrected chi connectivity index (χ3v) is 6.28. The van der Waals surface area contributed by atoms with E-state index in [-0.39, 0.29) is 37.5 Å². The summed E-state index contributed by atoms with van der Waals surface area (Å²) in [6.07, 6.45) is 4.67. The third kappa shape index (κ3) is 5.25. The van der Waals surface area contributed by atoms with Gasteiger partial charge in [0.05, 0.1) is 18.8 Å². The molecule has 1 atom stereocenters. The molecule has 2 aliphatic heterocycles. The lowest BCUT2D eigenvalue weighted by molar-refractivity contribution is 0.00270. The van der Waals surface area contributed by atoms with E-state index in [1.165, 1.54) is 12.1 Å². The van der Waals surface area contributed by atoms with E-state index in [4.69, 9.17) is 16.3 Å². The first-order chi connectivity index (χ1) is 14.4. The van der Waals surface area contributed by atoms with Crippen molar-refractivity contribution >= 4 is 11.6 Å². The number of ether oxygens (including phenoxy) is 1. The second-order valence-electron chi connectivity index (χ2n) is 8.13. The maximum atomic E-state index is 14.2. The molecule has 1 aromatic heterocycles. The molecule has 0 aliphatic carbocycles. The van der Waals surface area contributed by atoms with Gasteiger partial charge in [0.25, 0.3) is 5.92 Å². The van der Waals surface area contributed by atoms with Gasteiger partial charge in [0.15, 0.2) is 0 Å². The zero-order valence-electron chi connectivity index (χ0n) is 16.6. The Hall–Kier alpha value is -1.83. The molecule has 0 N–H and O–H groups in total. The minimum atomic E-state index is -2.69. The molecule has 2 aromatic rings. The van der Waals surface area contributed by atoms with Gasteiger partial charge >= 0.3 is 0 Å². The molecule has 30 heavy (non-hydrogen) atoms. The lowest BCUT2D eigenvalue weighted by Crippen LogP contribution is -2.48. The van der Waals surface area contributed by atoms with Gasteiger partial charge in [-0.25, -0.2) is 13.2 Å². The van der Waals surface area contributed by atoms with Crippen molar-refractivity contribution in [3.63, 3.8) is 0 Å². The molecular formula is C22H25ClF3N3O. The average molecular weight is 440 g/mol. The number of piperidine rings is 1. The van der Waals surface area contributed by atoms with Crippen molar-refractivity contribution in [1.29, 1.82) is 0 Å². The van der Waals surface area contributed by atoms with E-state index in [9.17, 15) is 13.2 Å². The molecule has 2 fully saturated rings. The molecule has 1 aromatic carbocycles. The van der Waals surface area contributed by atoms with Crippen LogP contribution in [-0.4, -0.2) is 59.0 Å². The van der Waals surface area contributed by atoms with Crippen LogP contribution in [0.25, 0.3) is 0 Å². The second kappa shape index (κ2) is 9.12. The Labute approximate surface area is 179 Å². The summed E-state index contributed by atoms with van der Waals surface area (Å²) in [6, 6.07) is 7.76. The highest BCUT2D eigenvalue weighted by molar-refractivity contribution is 6.31. The van der Waals surface area contributed by atoms with Crippen LogP contribution in [0.5, 0.6) is 5.75 Å². The largest absolute Gasteiger partial charge is 0.490 e. The lowest BCUT2D eigenvalue weighted by Gasteiger charge is -2.39. The Balaban J connectivity index is 1.33. The summed E-state index contributed by atoms with van der Waals surface area (Å²) in [7, 11) is 0. The SMILES string of the molecule is Fc1ccc(CN2CCC(N3CC(F)(F)C[C@H]3COc3cccnc3)CC2)c(Cl)c1. The van der Waals surface area contributed by atoms with Crippen LogP contribution in [0.1, 0.15) is 24.8 Å². The molecule has 4 rings (SSSR count). The van der Waals surface area contributed by atoms with Crippen molar-refractivity contribution in [2.24, 2.45) is 0 Å².